The molecule has 27 heavy (non-hydrogen) atoms. The highest BCUT2D eigenvalue weighted by Gasteiger charge is 2.41. The molecule has 0 unspecified atom stereocenters. The summed E-state index contributed by atoms with van der Waals surface area (Å²) in [5.41, 5.74) is 1.77. The molecule has 2 bridgehead atoms. The van der Waals surface area contributed by atoms with E-state index in [1.165, 1.54) is 0 Å². The highest BCUT2D eigenvalue weighted by molar-refractivity contribution is 5.95. The zero-order chi connectivity index (χ0) is 18.8. The predicted octanol–water partition coefficient (Wildman–Crippen LogP) is 2.96. The number of ether oxygens (including phenoxy) is 1. The Balaban J connectivity index is 1.53. The third kappa shape index (κ3) is 3.54. The fraction of sp³-hybridized carbons (Fsp3) is 0.364. The van der Waals surface area contributed by atoms with Crippen LogP contribution in [0.3, 0.4) is 0 Å². The summed E-state index contributed by atoms with van der Waals surface area (Å²) in [5, 5.41) is 0. The first-order chi connectivity index (χ1) is 13.2. The van der Waals surface area contributed by atoms with Gasteiger partial charge < -0.3 is 14.5 Å². The van der Waals surface area contributed by atoms with Crippen molar-refractivity contribution in [3.05, 3.63) is 65.7 Å². The molecule has 3 heterocycles. The largest absolute Gasteiger partial charge is 0.497 e. The summed E-state index contributed by atoms with van der Waals surface area (Å²) in [7, 11) is 1.61. The molecule has 140 valence electrons. The number of hydrogen-bond acceptors (Lipinski definition) is 3. The quantitative estimate of drug-likeness (QED) is 0.838. The summed E-state index contributed by atoms with van der Waals surface area (Å²) in [6.07, 6.45) is 1.82. The fourth-order valence-corrected chi connectivity index (χ4v) is 4.11. The number of benzene rings is 2. The van der Waals surface area contributed by atoms with Crippen LogP contribution in [0.25, 0.3) is 0 Å². The van der Waals surface area contributed by atoms with Crippen molar-refractivity contribution < 1.29 is 14.3 Å². The molecule has 2 aromatic rings. The molecule has 0 saturated carbocycles. The lowest BCUT2D eigenvalue weighted by molar-refractivity contribution is -0.140. The van der Waals surface area contributed by atoms with Gasteiger partial charge in [-0.25, -0.2) is 0 Å². The molecule has 2 aromatic carbocycles. The molecule has 5 rings (SSSR count). The lowest BCUT2D eigenvalue weighted by atomic mass is 9.93. The van der Waals surface area contributed by atoms with Crippen molar-refractivity contribution in [1.29, 1.82) is 0 Å². The fourth-order valence-electron chi connectivity index (χ4n) is 4.11. The molecule has 3 aliphatic heterocycles. The smallest absolute Gasteiger partial charge is 0.253 e. The van der Waals surface area contributed by atoms with E-state index in [9.17, 15) is 9.59 Å². The van der Waals surface area contributed by atoms with Crippen LogP contribution < -0.4 is 4.74 Å². The Labute approximate surface area is 159 Å². The van der Waals surface area contributed by atoms with Gasteiger partial charge in [0.2, 0.25) is 5.91 Å². The molecular weight excluding hydrogens is 340 g/mol. The second kappa shape index (κ2) is 7.43. The van der Waals surface area contributed by atoms with Crippen molar-refractivity contribution in [1.82, 2.24) is 9.80 Å². The minimum Gasteiger partial charge on any atom is -0.497 e. The van der Waals surface area contributed by atoms with Crippen LogP contribution >= 0.6 is 0 Å². The van der Waals surface area contributed by atoms with Crippen LogP contribution in [0.4, 0.5) is 0 Å². The van der Waals surface area contributed by atoms with E-state index in [0.717, 1.165) is 24.2 Å². The summed E-state index contributed by atoms with van der Waals surface area (Å²) in [4.78, 5) is 29.8. The van der Waals surface area contributed by atoms with Crippen molar-refractivity contribution in [2.75, 3.05) is 20.2 Å². The van der Waals surface area contributed by atoms with Crippen LogP contribution in [0.5, 0.6) is 5.75 Å². The Morgan fingerprint density at radius 1 is 1.04 bits per heavy atom. The Hall–Kier alpha value is -2.82. The van der Waals surface area contributed by atoms with Gasteiger partial charge in [-0.3, -0.25) is 9.59 Å². The van der Waals surface area contributed by atoms with E-state index in [-0.39, 0.29) is 23.8 Å². The molecule has 3 aliphatic rings. The number of carbonyl (C=O) groups is 2. The van der Waals surface area contributed by atoms with Gasteiger partial charge in [0.05, 0.1) is 13.0 Å². The molecule has 0 radical (unpaired) electrons. The van der Waals surface area contributed by atoms with E-state index >= 15 is 0 Å². The average Bonchev–Trinajstić information content (AvgIpc) is 3.01. The molecule has 3 saturated heterocycles. The minimum absolute atomic E-state index is 0.0103. The molecule has 2 amide bonds. The van der Waals surface area contributed by atoms with E-state index in [4.69, 9.17) is 4.74 Å². The van der Waals surface area contributed by atoms with Gasteiger partial charge in [0.15, 0.2) is 0 Å². The second-order valence-electron chi connectivity index (χ2n) is 7.32. The molecule has 0 N–H and O–H groups in total. The SMILES string of the molecule is COc1ccc(C(=O)N2C[C@@H]3CC[C@H](C2)N(Cc2ccccc2)C3=O)cc1. The van der Waals surface area contributed by atoms with Crippen molar-refractivity contribution in [3.63, 3.8) is 0 Å². The van der Waals surface area contributed by atoms with Crippen LogP contribution in [0, 0.1) is 5.92 Å². The van der Waals surface area contributed by atoms with E-state index in [1.807, 2.05) is 40.1 Å². The Kier molecular flexibility index (Phi) is 4.84. The Morgan fingerprint density at radius 2 is 1.78 bits per heavy atom. The van der Waals surface area contributed by atoms with Crippen LogP contribution in [0.1, 0.15) is 28.8 Å². The number of fused-ring (bicyclic) bond motifs is 4. The number of amides is 2. The van der Waals surface area contributed by atoms with Gasteiger partial charge in [-0.2, -0.15) is 0 Å². The molecule has 5 heteroatoms. The van der Waals surface area contributed by atoms with E-state index in [1.54, 1.807) is 31.4 Å². The standard InChI is InChI=1S/C22H24N2O3/c1-27-20-11-8-17(9-12-20)21(25)23-14-18-7-10-19(15-23)24(22(18)26)13-16-5-3-2-4-6-16/h2-6,8-9,11-12,18-19H,7,10,13-15H2,1H3/t18-,19+/m0/s1. The van der Waals surface area contributed by atoms with Gasteiger partial charge in [0.25, 0.3) is 5.91 Å². The molecule has 0 aromatic heterocycles. The topological polar surface area (TPSA) is 49.9 Å². The minimum atomic E-state index is -0.102. The highest BCUT2D eigenvalue weighted by atomic mass is 16.5. The number of hydrogen-bond donors (Lipinski definition) is 0. The molecule has 0 aliphatic carbocycles. The van der Waals surface area contributed by atoms with Crippen molar-refractivity contribution in [3.8, 4) is 5.75 Å². The van der Waals surface area contributed by atoms with Crippen LogP contribution in [-0.4, -0.2) is 47.9 Å². The maximum Gasteiger partial charge on any atom is 0.253 e. The molecule has 5 nitrogen and oxygen atoms in total. The zero-order valence-corrected chi connectivity index (χ0v) is 15.5. The van der Waals surface area contributed by atoms with Gasteiger partial charge >= 0.3 is 0 Å². The van der Waals surface area contributed by atoms with Gasteiger partial charge in [-0.1, -0.05) is 30.3 Å². The molecule has 3 fully saturated rings. The average molecular weight is 364 g/mol. The zero-order valence-electron chi connectivity index (χ0n) is 15.5. The summed E-state index contributed by atoms with van der Waals surface area (Å²) < 4.78 is 5.17. The summed E-state index contributed by atoms with van der Waals surface area (Å²) in [6, 6.07) is 17.3. The maximum absolute atomic E-state index is 13.0. The number of methoxy groups -OCH3 is 1. The van der Waals surface area contributed by atoms with Crippen LogP contribution in [0.2, 0.25) is 0 Å². The van der Waals surface area contributed by atoms with E-state index in [0.29, 0.717) is 25.2 Å². The highest BCUT2D eigenvalue weighted by Crippen LogP contribution is 2.31. The third-order valence-electron chi connectivity index (χ3n) is 5.61. The Bertz CT molecular complexity index is 819. The number of piperidine rings is 1. The summed E-state index contributed by atoms with van der Waals surface area (Å²) in [5.74, 6) is 0.797. The van der Waals surface area contributed by atoms with E-state index in [2.05, 4.69) is 0 Å². The first-order valence-corrected chi connectivity index (χ1v) is 9.43. The molecular formula is C22H24N2O3. The first-order valence-electron chi connectivity index (χ1n) is 9.43. The van der Waals surface area contributed by atoms with Crippen molar-refractivity contribution in [2.45, 2.75) is 25.4 Å². The van der Waals surface area contributed by atoms with Gasteiger partial charge in [-0.15, -0.1) is 0 Å². The van der Waals surface area contributed by atoms with Crippen LogP contribution in [-0.2, 0) is 11.3 Å². The van der Waals surface area contributed by atoms with Crippen molar-refractivity contribution >= 4 is 11.8 Å². The first kappa shape index (κ1) is 17.6. The van der Waals surface area contributed by atoms with Gasteiger partial charge in [-0.05, 0) is 42.7 Å². The monoisotopic (exact) mass is 364 g/mol. The number of carbonyl (C=O) groups excluding carboxylic acids is 2. The summed E-state index contributed by atoms with van der Waals surface area (Å²) >= 11 is 0. The van der Waals surface area contributed by atoms with Crippen molar-refractivity contribution in [2.24, 2.45) is 5.92 Å². The van der Waals surface area contributed by atoms with Crippen LogP contribution in [0.15, 0.2) is 54.6 Å². The third-order valence-corrected chi connectivity index (χ3v) is 5.61. The lowest BCUT2D eigenvalue weighted by Gasteiger charge is -2.36. The Morgan fingerprint density at radius 3 is 2.48 bits per heavy atom. The van der Waals surface area contributed by atoms with Gasteiger partial charge in [0.1, 0.15) is 5.75 Å². The second-order valence-corrected chi connectivity index (χ2v) is 7.32. The summed E-state index contributed by atoms with van der Waals surface area (Å²) in [6.45, 7) is 1.72. The predicted molar refractivity (Wildman–Crippen MR) is 102 cm³/mol. The number of nitrogens with zero attached hydrogens (tertiary/aromatic N) is 2. The maximum atomic E-state index is 13.0. The normalized spacial score (nSPS) is 21.9. The lowest BCUT2D eigenvalue weighted by Crippen LogP contribution is -2.47. The molecule has 0 spiro atoms. The number of rotatable bonds is 4. The van der Waals surface area contributed by atoms with Gasteiger partial charge in [0, 0.05) is 31.2 Å². The van der Waals surface area contributed by atoms with E-state index < -0.39 is 0 Å². The molecule has 2 atom stereocenters.